The van der Waals surface area contributed by atoms with Crippen LogP contribution in [0, 0.1) is 0 Å². The molecule has 1 aromatic rings. The van der Waals surface area contributed by atoms with Crippen molar-refractivity contribution in [3.8, 4) is 0 Å². The minimum Gasteiger partial charge on any atom is -0.370 e. The maximum absolute atomic E-state index is 12.6. The lowest BCUT2D eigenvalue weighted by atomic mass is 10.0. The number of likely N-dealkylation sites (tertiary alicyclic amines) is 1. The van der Waals surface area contributed by atoms with E-state index in [4.69, 9.17) is 9.47 Å². The number of carbonyl (C=O) groups is 1. The van der Waals surface area contributed by atoms with Gasteiger partial charge in [-0.25, -0.2) is 9.97 Å². The lowest BCUT2D eigenvalue weighted by Gasteiger charge is -2.37. The lowest BCUT2D eigenvalue weighted by molar-refractivity contribution is -0.181. The molecule has 2 aliphatic rings. The van der Waals surface area contributed by atoms with Crippen LogP contribution < -0.4 is 5.32 Å². The van der Waals surface area contributed by atoms with Crippen LogP contribution in [0.4, 0.5) is 5.82 Å². The van der Waals surface area contributed by atoms with Crippen molar-refractivity contribution in [2.24, 2.45) is 0 Å². The number of unbranched alkanes of at least 4 members (excludes halogenated alkanes) is 1. The highest BCUT2D eigenvalue weighted by molar-refractivity contribution is 5.93. The average molecular weight is 320 g/mol. The number of anilines is 1. The molecule has 7 nitrogen and oxygen atoms in total. The van der Waals surface area contributed by atoms with Crippen molar-refractivity contribution in [1.82, 2.24) is 14.9 Å². The third-order valence-corrected chi connectivity index (χ3v) is 4.35. The normalized spacial score (nSPS) is 20.0. The van der Waals surface area contributed by atoms with Crippen molar-refractivity contribution < 1.29 is 14.3 Å². The van der Waals surface area contributed by atoms with Crippen molar-refractivity contribution >= 4 is 11.7 Å². The number of hydrogen-bond donors (Lipinski definition) is 1. The number of nitrogens with zero attached hydrogens (tertiary/aromatic N) is 3. The molecule has 23 heavy (non-hydrogen) atoms. The Labute approximate surface area is 136 Å². The summed E-state index contributed by atoms with van der Waals surface area (Å²) in [6.07, 6.45) is 5.05. The quantitative estimate of drug-likeness (QED) is 0.832. The van der Waals surface area contributed by atoms with E-state index in [1.54, 1.807) is 6.07 Å². The zero-order chi connectivity index (χ0) is 16.1. The van der Waals surface area contributed by atoms with Gasteiger partial charge in [-0.15, -0.1) is 0 Å². The Morgan fingerprint density at radius 2 is 2.04 bits per heavy atom. The Morgan fingerprint density at radius 1 is 1.30 bits per heavy atom. The van der Waals surface area contributed by atoms with Crippen LogP contribution in [0.2, 0.25) is 0 Å². The SMILES string of the molecule is CCCCNc1cc(C(=O)N2CCC3(CC2)OCCO3)ncn1. The van der Waals surface area contributed by atoms with E-state index in [2.05, 4.69) is 22.2 Å². The van der Waals surface area contributed by atoms with Crippen LogP contribution in [-0.4, -0.2) is 59.4 Å². The molecule has 0 unspecified atom stereocenters. The van der Waals surface area contributed by atoms with Crippen LogP contribution in [-0.2, 0) is 9.47 Å². The zero-order valence-corrected chi connectivity index (χ0v) is 13.6. The number of hydrogen-bond acceptors (Lipinski definition) is 6. The van der Waals surface area contributed by atoms with E-state index in [1.165, 1.54) is 6.33 Å². The molecule has 1 aromatic heterocycles. The highest BCUT2D eigenvalue weighted by Gasteiger charge is 2.41. The van der Waals surface area contributed by atoms with Gasteiger partial charge in [0.2, 0.25) is 0 Å². The van der Waals surface area contributed by atoms with Crippen LogP contribution in [0.15, 0.2) is 12.4 Å². The van der Waals surface area contributed by atoms with Crippen LogP contribution >= 0.6 is 0 Å². The number of aromatic nitrogens is 2. The second-order valence-corrected chi connectivity index (χ2v) is 5.97. The Kier molecular flexibility index (Phi) is 5.07. The second-order valence-electron chi connectivity index (χ2n) is 5.97. The summed E-state index contributed by atoms with van der Waals surface area (Å²) in [5.41, 5.74) is 0.434. The summed E-state index contributed by atoms with van der Waals surface area (Å²) in [6, 6.07) is 1.73. The smallest absolute Gasteiger partial charge is 0.272 e. The summed E-state index contributed by atoms with van der Waals surface area (Å²) in [5, 5.41) is 3.22. The Bertz CT molecular complexity index is 536. The van der Waals surface area contributed by atoms with Gasteiger partial charge in [0, 0.05) is 38.5 Å². The van der Waals surface area contributed by atoms with Gasteiger partial charge in [0.05, 0.1) is 13.2 Å². The number of carbonyl (C=O) groups excluding carboxylic acids is 1. The first-order valence-corrected chi connectivity index (χ1v) is 8.35. The molecule has 0 aromatic carbocycles. The maximum atomic E-state index is 12.6. The van der Waals surface area contributed by atoms with Crippen molar-refractivity contribution in [2.75, 3.05) is 38.2 Å². The fourth-order valence-electron chi connectivity index (χ4n) is 2.96. The summed E-state index contributed by atoms with van der Waals surface area (Å²) >= 11 is 0. The molecule has 7 heteroatoms. The Balaban J connectivity index is 1.58. The molecule has 2 aliphatic heterocycles. The maximum Gasteiger partial charge on any atom is 0.272 e. The molecule has 0 aliphatic carbocycles. The topological polar surface area (TPSA) is 76.6 Å². The van der Waals surface area contributed by atoms with Crippen LogP contribution in [0.1, 0.15) is 43.1 Å². The van der Waals surface area contributed by atoms with Gasteiger partial charge in [-0.05, 0) is 6.42 Å². The molecule has 126 valence electrons. The molecule has 2 fully saturated rings. The predicted molar refractivity (Wildman–Crippen MR) is 85.2 cm³/mol. The van der Waals surface area contributed by atoms with Gasteiger partial charge in [0.1, 0.15) is 17.8 Å². The summed E-state index contributed by atoms with van der Waals surface area (Å²) in [7, 11) is 0. The first-order chi connectivity index (χ1) is 11.2. The van der Waals surface area contributed by atoms with E-state index in [9.17, 15) is 4.79 Å². The summed E-state index contributed by atoms with van der Waals surface area (Å²) in [6.45, 7) is 5.53. The molecule has 0 radical (unpaired) electrons. The number of amides is 1. The highest BCUT2D eigenvalue weighted by atomic mass is 16.7. The van der Waals surface area contributed by atoms with Crippen molar-refractivity contribution in [3.63, 3.8) is 0 Å². The highest BCUT2D eigenvalue weighted by Crippen LogP contribution is 2.31. The standard InChI is InChI=1S/C16H24N4O3/c1-2-3-6-17-14-11-13(18-12-19-14)15(21)20-7-4-16(5-8-20)22-9-10-23-16/h11-12H,2-10H2,1H3,(H,17,18,19). The van der Waals surface area contributed by atoms with E-state index in [-0.39, 0.29) is 5.91 Å². The van der Waals surface area contributed by atoms with Crippen molar-refractivity contribution in [2.45, 2.75) is 38.4 Å². The fourth-order valence-corrected chi connectivity index (χ4v) is 2.96. The van der Waals surface area contributed by atoms with Gasteiger partial charge in [0.25, 0.3) is 5.91 Å². The number of ether oxygens (including phenoxy) is 2. The van der Waals surface area contributed by atoms with Gasteiger partial charge in [-0.3, -0.25) is 4.79 Å². The molecule has 0 saturated carbocycles. The molecule has 1 N–H and O–H groups in total. The van der Waals surface area contributed by atoms with Gasteiger partial charge >= 0.3 is 0 Å². The van der Waals surface area contributed by atoms with Crippen LogP contribution in [0.3, 0.4) is 0 Å². The van der Waals surface area contributed by atoms with Gasteiger partial charge in [0.15, 0.2) is 5.79 Å². The zero-order valence-electron chi connectivity index (χ0n) is 13.6. The minimum atomic E-state index is -0.463. The van der Waals surface area contributed by atoms with Gasteiger partial charge in [-0.2, -0.15) is 0 Å². The van der Waals surface area contributed by atoms with Crippen LogP contribution in [0.25, 0.3) is 0 Å². The lowest BCUT2D eigenvalue weighted by Crippen LogP contribution is -2.47. The first kappa shape index (κ1) is 16.1. The summed E-state index contributed by atoms with van der Waals surface area (Å²) in [4.78, 5) is 22.7. The van der Waals surface area contributed by atoms with Crippen LogP contribution in [0.5, 0.6) is 0 Å². The van der Waals surface area contributed by atoms with Crippen molar-refractivity contribution in [1.29, 1.82) is 0 Å². The molecule has 1 spiro atoms. The van der Waals surface area contributed by atoms with E-state index in [0.717, 1.165) is 19.4 Å². The minimum absolute atomic E-state index is 0.0567. The van der Waals surface area contributed by atoms with E-state index in [1.807, 2.05) is 4.90 Å². The molecule has 0 atom stereocenters. The fraction of sp³-hybridized carbons (Fsp3) is 0.688. The monoisotopic (exact) mass is 320 g/mol. The Morgan fingerprint density at radius 3 is 2.74 bits per heavy atom. The molecule has 1 amide bonds. The molecular weight excluding hydrogens is 296 g/mol. The van der Waals surface area contributed by atoms with Gasteiger partial charge in [-0.1, -0.05) is 13.3 Å². The van der Waals surface area contributed by atoms with Gasteiger partial charge < -0.3 is 19.7 Å². The van der Waals surface area contributed by atoms with E-state index >= 15 is 0 Å². The first-order valence-electron chi connectivity index (χ1n) is 8.35. The van der Waals surface area contributed by atoms with E-state index < -0.39 is 5.79 Å². The molecule has 3 rings (SSSR count). The largest absolute Gasteiger partial charge is 0.370 e. The van der Waals surface area contributed by atoms with E-state index in [0.29, 0.717) is 50.7 Å². The third-order valence-electron chi connectivity index (χ3n) is 4.35. The molecule has 2 saturated heterocycles. The second kappa shape index (κ2) is 7.23. The summed E-state index contributed by atoms with van der Waals surface area (Å²) in [5.74, 6) is 0.182. The number of piperidine rings is 1. The summed E-state index contributed by atoms with van der Waals surface area (Å²) < 4.78 is 11.4. The molecule has 0 bridgehead atoms. The van der Waals surface area contributed by atoms with Crippen molar-refractivity contribution in [3.05, 3.63) is 18.1 Å². The average Bonchev–Trinajstić information content (AvgIpc) is 3.04. The number of nitrogens with one attached hydrogen (secondary N) is 1. The predicted octanol–water partition coefficient (Wildman–Crippen LogP) is 1.67. The third kappa shape index (κ3) is 3.79. The number of rotatable bonds is 5. The Hall–Kier alpha value is -1.73. The molecule has 3 heterocycles. The molecular formula is C16H24N4O3.